The van der Waals surface area contributed by atoms with Gasteiger partial charge in [-0.05, 0) is 60.4 Å². The molecule has 4 heterocycles. The molecule has 3 N–H and O–H groups in total. The van der Waals surface area contributed by atoms with Gasteiger partial charge in [0.15, 0.2) is 6.29 Å². The number of fused-ring (bicyclic) bond motifs is 1. The average Bonchev–Trinajstić information content (AvgIpc) is 3.51. The number of nitrogens with one attached hydrogen (secondary N) is 2. The molecule has 0 saturated carbocycles. The molecule has 4 aromatic carbocycles. The Bertz CT molecular complexity index is 2040. The molecule has 4 atom stereocenters. The number of nitrogens with zero attached hydrogens (tertiary/aromatic N) is 4. The summed E-state index contributed by atoms with van der Waals surface area (Å²) in [6.45, 7) is 4.87. The first-order valence-electron chi connectivity index (χ1n) is 17.9. The first-order valence-corrected chi connectivity index (χ1v) is 17.9. The SMILES string of the molecule is C[C@H]1[C@@H](CN2CCC3(CC2)C(=O)NCN3c2ccccc2)O[C@@H](c2ccc(NC(=O)c3cnc4ccccc4n3)cc2)O[C@H]1c1ccc(CO)cc1. The van der Waals surface area contributed by atoms with Crippen molar-refractivity contribution in [2.45, 2.75) is 50.4 Å². The van der Waals surface area contributed by atoms with Gasteiger partial charge in [0, 0.05) is 42.5 Å². The summed E-state index contributed by atoms with van der Waals surface area (Å²) in [5.41, 5.74) is 5.42. The number of amides is 2. The van der Waals surface area contributed by atoms with Gasteiger partial charge >= 0.3 is 0 Å². The zero-order chi connectivity index (χ0) is 35.7. The number of hydrogen-bond donors (Lipinski definition) is 3. The fourth-order valence-corrected chi connectivity index (χ4v) is 7.71. The third-order valence-corrected chi connectivity index (χ3v) is 10.8. The largest absolute Gasteiger partial charge is 0.392 e. The van der Waals surface area contributed by atoms with E-state index >= 15 is 0 Å². The number of aliphatic hydroxyl groups excluding tert-OH is 1. The Morgan fingerprint density at radius 3 is 2.33 bits per heavy atom. The first-order chi connectivity index (χ1) is 25.4. The molecular formula is C41H42N6O5. The Kier molecular flexibility index (Phi) is 9.42. The summed E-state index contributed by atoms with van der Waals surface area (Å²) in [5.74, 6) is -0.228. The van der Waals surface area contributed by atoms with Crippen molar-refractivity contribution in [2.75, 3.05) is 36.5 Å². The van der Waals surface area contributed by atoms with Crippen molar-refractivity contribution in [3.63, 3.8) is 0 Å². The van der Waals surface area contributed by atoms with Crippen LogP contribution in [0.1, 0.15) is 59.3 Å². The van der Waals surface area contributed by atoms with Gasteiger partial charge in [0.2, 0.25) is 5.91 Å². The third kappa shape index (κ3) is 6.64. The van der Waals surface area contributed by atoms with E-state index in [9.17, 15) is 14.7 Å². The summed E-state index contributed by atoms with van der Waals surface area (Å²) in [7, 11) is 0. The molecule has 3 aliphatic heterocycles. The van der Waals surface area contributed by atoms with Gasteiger partial charge in [-0.3, -0.25) is 14.6 Å². The second-order valence-corrected chi connectivity index (χ2v) is 13.9. The summed E-state index contributed by atoms with van der Waals surface area (Å²) in [6, 6.07) is 33.0. The number of piperidine rings is 1. The second kappa shape index (κ2) is 14.4. The minimum Gasteiger partial charge on any atom is -0.392 e. The van der Waals surface area contributed by atoms with Crippen LogP contribution in [-0.4, -0.2) is 69.7 Å². The smallest absolute Gasteiger partial charge is 0.275 e. The topological polar surface area (TPSA) is 129 Å². The van der Waals surface area contributed by atoms with Crippen LogP contribution >= 0.6 is 0 Å². The van der Waals surface area contributed by atoms with Gasteiger partial charge in [-0.15, -0.1) is 0 Å². The molecule has 3 fully saturated rings. The van der Waals surface area contributed by atoms with Gasteiger partial charge in [0.1, 0.15) is 11.2 Å². The predicted molar refractivity (Wildman–Crippen MR) is 197 cm³/mol. The van der Waals surface area contributed by atoms with E-state index in [0.29, 0.717) is 24.4 Å². The summed E-state index contributed by atoms with van der Waals surface area (Å²) in [4.78, 5) is 39.8. The lowest BCUT2D eigenvalue weighted by Gasteiger charge is -2.46. The van der Waals surface area contributed by atoms with Crippen molar-refractivity contribution in [3.05, 3.63) is 132 Å². The highest BCUT2D eigenvalue weighted by Crippen LogP contribution is 2.43. The number of benzene rings is 4. The average molecular weight is 699 g/mol. The number of para-hydroxylation sites is 3. The number of rotatable bonds is 8. The molecular weight excluding hydrogens is 656 g/mol. The Morgan fingerprint density at radius 2 is 1.60 bits per heavy atom. The van der Waals surface area contributed by atoms with Gasteiger partial charge < -0.3 is 35.0 Å². The van der Waals surface area contributed by atoms with E-state index in [2.05, 4.69) is 49.5 Å². The first kappa shape index (κ1) is 33.9. The van der Waals surface area contributed by atoms with Crippen molar-refractivity contribution < 1.29 is 24.2 Å². The van der Waals surface area contributed by atoms with Crippen LogP contribution < -0.4 is 15.5 Å². The van der Waals surface area contributed by atoms with Crippen LogP contribution in [0, 0.1) is 5.92 Å². The molecule has 1 spiro atoms. The molecule has 0 radical (unpaired) electrons. The van der Waals surface area contributed by atoms with E-state index in [1.54, 1.807) is 0 Å². The van der Waals surface area contributed by atoms with E-state index in [4.69, 9.17) is 9.47 Å². The minimum absolute atomic E-state index is 0.0179. The molecule has 52 heavy (non-hydrogen) atoms. The van der Waals surface area contributed by atoms with Crippen LogP contribution in [0.4, 0.5) is 11.4 Å². The molecule has 0 unspecified atom stereocenters. The molecule has 1 aromatic heterocycles. The standard InChI is InChI=1S/C41H42N6O5/c1-27-36(24-46-21-19-41(20-22-46)40(50)43-26-47(41)32-7-3-2-4-8-32)51-39(52-37(27)29-13-11-28(25-48)12-14-29)30-15-17-31(18-16-30)44-38(49)35-23-42-33-9-5-6-10-34(33)45-35/h2-18,23,27,36-37,39,48H,19-22,24-26H2,1H3,(H,43,50)(H,44,49)/t27-,36+,37+,39+/m0/s1. The van der Waals surface area contributed by atoms with E-state index in [-0.39, 0.29) is 42.2 Å². The maximum Gasteiger partial charge on any atom is 0.275 e. The number of hydrogen-bond acceptors (Lipinski definition) is 9. The lowest BCUT2D eigenvalue weighted by atomic mass is 9.84. The van der Waals surface area contributed by atoms with Crippen LogP contribution in [0.2, 0.25) is 0 Å². The number of carbonyl (C=O) groups is 2. The van der Waals surface area contributed by atoms with E-state index in [1.165, 1.54) is 6.20 Å². The van der Waals surface area contributed by atoms with Gasteiger partial charge in [-0.2, -0.15) is 0 Å². The monoisotopic (exact) mass is 698 g/mol. The van der Waals surface area contributed by atoms with Crippen molar-refractivity contribution in [2.24, 2.45) is 5.92 Å². The molecule has 3 aliphatic rings. The molecule has 11 nitrogen and oxygen atoms in total. The highest BCUT2D eigenvalue weighted by atomic mass is 16.7. The number of aliphatic hydroxyl groups is 1. The fraction of sp³-hybridized carbons (Fsp3) is 0.317. The molecule has 3 saturated heterocycles. The highest BCUT2D eigenvalue weighted by Gasteiger charge is 2.51. The number of ether oxygens (including phenoxy) is 2. The van der Waals surface area contributed by atoms with Gasteiger partial charge in [0.25, 0.3) is 5.91 Å². The van der Waals surface area contributed by atoms with Crippen LogP contribution in [0.15, 0.2) is 109 Å². The summed E-state index contributed by atoms with van der Waals surface area (Å²) >= 11 is 0. The third-order valence-electron chi connectivity index (χ3n) is 10.8. The van der Waals surface area contributed by atoms with Crippen molar-refractivity contribution >= 4 is 34.2 Å². The van der Waals surface area contributed by atoms with E-state index in [1.807, 2.05) is 91.0 Å². The molecule has 2 amide bonds. The Balaban J connectivity index is 0.982. The lowest BCUT2D eigenvalue weighted by Crippen LogP contribution is -2.57. The minimum atomic E-state index is -0.648. The van der Waals surface area contributed by atoms with Gasteiger partial charge in [-0.1, -0.05) is 73.7 Å². The number of anilines is 2. The zero-order valence-corrected chi connectivity index (χ0v) is 29.0. The van der Waals surface area contributed by atoms with Crippen molar-refractivity contribution in [3.8, 4) is 0 Å². The Hall–Kier alpha value is -5.20. The summed E-state index contributed by atoms with van der Waals surface area (Å²) in [6.07, 6.45) is 1.85. The second-order valence-electron chi connectivity index (χ2n) is 13.9. The van der Waals surface area contributed by atoms with Crippen LogP contribution in [0.3, 0.4) is 0 Å². The Morgan fingerprint density at radius 1 is 0.904 bits per heavy atom. The van der Waals surface area contributed by atoms with E-state index in [0.717, 1.165) is 53.8 Å². The normalized spacial score (nSPS) is 23.1. The maximum absolute atomic E-state index is 13.3. The zero-order valence-electron chi connectivity index (χ0n) is 29.0. The summed E-state index contributed by atoms with van der Waals surface area (Å²) < 4.78 is 13.4. The molecule has 0 bridgehead atoms. The molecule has 266 valence electrons. The molecule has 11 heteroatoms. The van der Waals surface area contributed by atoms with Crippen LogP contribution in [0.5, 0.6) is 0 Å². The predicted octanol–water partition coefficient (Wildman–Crippen LogP) is 5.59. The molecule has 0 aliphatic carbocycles. The molecule has 8 rings (SSSR count). The van der Waals surface area contributed by atoms with E-state index < -0.39 is 11.8 Å². The van der Waals surface area contributed by atoms with Gasteiger partial charge in [-0.25, -0.2) is 4.98 Å². The van der Waals surface area contributed by atoms with Crippen LogP contribution in [-0.2, 0) is 20.9 Å². The quantitative estimate of drug-likeness (QED) is 0.190. The number of likely N-dealkylation sites (tertiary alicyclic amines) is 1. The number of aromatic nitrogens is 2. The Labute approximate surface area is 302 Å². The van der Waals surface area contributed by atoms with Crippen LogP contribution in [0.25, 0.3) is 11.0 Å². The van der Waals surface area contributed by atoms with Gasteiger partial charge in [0.05, 0.1) is 42.7 Å². The maximum atomic E-state index is 13.3. The number of carbonyl (C=O) groups excluding carboxylic acids is 2. The summed E-state index contributed by atoms with van der Waals surface area (Å²) in [5, 5.41) is 15.7. The lowest BCUT2D eigenvalue weighted by molar-refractivity contribution is -0.276. The molecule has 5 aromatic rings. The van der Waals surface area contributed by atoms with Crippen molar-refractivity contribution in [1.82, 2.24) is 20.2 Å². The highest BCUT2D eigenvalue weighted by molar-refractivity contribution is 6.03. The fourth-order valence-electron chi connectivity index (χ4n) is 7.71. The van der Waals surface area contributed by atoms with Crippen molar-refractivity contribution in [1.29, 1.82) is 0 Å².